The SMILES string of the molecule is CC(C)(C(=O)O)N(C(=S)Nc1ccc(C#N)c(C(F)(F)F)c1)c1ccc(CNC2CCCCC2)c(F)c1. The molecule has 1 saturated carbocycles. The minimum atomic E-state index is -4.78. The molecule has 0 radical (unpaired) electrons. The fourth-order valence-electron chi connectivity index (χ4n) is 4.30. The van der Waals surface area contributed by atoms with Crippen LogP contribution in [0, 0.1) is 17.1 Å². The van der Waals surface area contributed by atoms with Gasteiger partial charge in [0.1, 0.15) is 11.4 Å². The van der Waals surface area contributed by atoms with Crippen LogP contribution in [0.3, 0.4) is 0 Å². The molecule has 0 bridgehead atoms. The molecule has 198 valence electrons. The Kier molecular flexibility index (Phi) is 8.76. The zero-order chi connectivity index (χ0) is 27.4. The van der Waals surface area contributed by atoms with Crippen LogP contribution in [0.4, 0.5) is 28.9 Å². The first-order chi connectivity index (χ1) is 17.3. The Morgan fingerprint density at radius 3 is 2.41 bits per heavy atom. The molecule has 11 heteroatoms. The van der Waals surface area contributed by atoms with Crippen LogP contribution >= 0.6 is 12.2 Å². The summed E-state index contributed by atoms with van der Waals surface area (Å²) in [5.41, 5.74) is -2.98. The Morgan fingerprint density at radius 1 is 1.16 bits per heavy atom. The van der Waals surface area contributed by atoms with Crippen molar-refractivity contribution in [3.63, 3.8) is 0 Å². The highest BCUT2D eigenvalue weighted by atomic mass is 32.1. The number of benzene rings is 2. The summed E-state index contributed by atoms with van der Waals surface area (Å²) in [6.07, 6.45) is 0.746. The standard InChI is InChI=1S/C26H28F4N4O2S/c1-25(2,23(35)36)34(24(37)33-19-10-8-16(14-31)21(12-19)26(28,29)30)20-11-9-17(22(27)13-20)15-32-18-6-4-3-5-7-18/h8-13,18,32H,3-7,15H2,1-2H3,(H,33,37)(H,35,36). The lowest BCUT2D eigenvalue weighted by atomic mass is 9.95. The third kappa shape index (κ3) is 6.76. The van der Waals surface area contributed by atoms with Gasteiger partial charge in [-0.25, -0.2) is 9.18 Å². The molecule has 0 aliphatic heterocycles. The predicted molar refractivity (Wildman–Crippen MR) is 137 cm³/mol. The van der Waals surface area contributed by atoms with E-state index in [1.54, 1.807) is 0 Å². The number of hydrogen-bond acceptors (Lipinski definition) is 4. The number of carboxylic acid groups (broad SMARTS) is 1. The van der Waals surface area contributed by atoms with Crippen LogP contribution in [0.15, 0.2) is 36.4 Å². The summed E-state index contributed by atoms with van der Waals surface area (Å²) in [6, 6.07) is 8.99. The van der Waals surface area contributed by atoms with E-state index in [1.165, 1.54) is 44.5 Å². The van der Waals surface area contributed by atoms with Gasteiger partial charge in [0.25, 0.3) is 0 Å². The summed E-state index contributed by atoms with van der Waals surface area (Å²) in [5, 5.41) is 24.6. The van der Waals surface area contributed by atoms with Crippen molar-refractivity contribution in [3.05, 3.63) is 58.9 Å². The van der Waals surface area contributed by atoms with Crippen molar-refractivity contribution in [1.29, 1.82) is 5.26 Å². The molecule has 3 N–H and O–H groups in total. The molecule has 2 aromatic rings. The van der Waals surface area contributed by atoms with E-state index < -0.39 is 34.6 Å². The molecule has 0 saturated heterocycles. The molecule has 2 aromatic carbocycles. The summed E-state index contributed by atoms with van der Waals surface area (Å²) < 4.78 is 55.2. The van der Waals surface area contributed by atoms with Gasteiger partial charge in [0, 0.05) is 29.5 Å². The molecule has 3 rings (SSSR count). The second kappa shape index (κ2) is 11.4. The van der Waals surface area contributed by atoms with Crippen LogP contribution < -0.4 is 15.5 Å². The Hall–Kier alpha value is -3.23. The van der Waals surface area contributed by atoms with Crippen LogP contribution in [-0.4, -0.2) is 27.8 Å². The van der Waals surface area contributed by atoms with Gasteiger partial charge in [0.15, 0.2) is 5.11 Å². The van der Waals surface area contributed by atoms with Crippen LogP contribution in [0.5, 0.6) is 0 Å². The zero-order valence-electron chi connectivity index (χ0n) is 20.5. The molecule has 0 spiro atoms. The van der Waals surface area contributed by atoms with E-state index in [0.29, 0.717) is 18.2 Å². The summed E-state index contributed by atoms with van der Waals surface area (Å²) in [5.74, 6) is -1.84. The van der Waals surface area contributed by atoms with Crippen LogP contribution in [0.25, 0.3) is 0 Å². The lowest BCUT2D eigenvalue weighted by Crippen LogP contribution is -2.55. The molecule has 0 atom stereocenters. The van der Waals surface area contributed by atoms with Crippen molar-refractivity contribution in [3.8, 4) is 6.07 Å². The van der Waals surface area contributed by atoms with Gasteiger partial charge in [-0.15, -0.1) is 0 Å². The largest absolute Gasteiger partial charge is 0.480 e. The topological polar surface area (TPSA) is 88.4 Å². The fourth-order valence-corrected chi connectivity index (χ4v) is 4.75. The average molecular weight is 537 g/mol. The van der Waals surface area contributed by atoms with Crippen molar-refractivity contribution >= 4 is 34.7 Å². The predicted octanol–water partition coefficient (Wildman–Crippen LogP) is 6.21. The van der Waals surface area contributed by atoms with E-state index in [0.717, 1.165) is 48.8 Å². The van der Waals surface area contributed by atoms with Gasteiger partial charge >= 0.3 is 12.1 Å². The van der Waals surface area contributed by atoms with Gasteiger partial charge in [0.2, 0.25) is 0 Å². The van der Waals surface area contributed by atoms with Gasteiger partial charge < -0.3 is 20.6 Å². The number of nitrogens with zero attached hydrogens (tertiary/aromatic N) is 2. The number of alkyl halides is 3. The molecular weight excluding hydrogens is 508 g/mol. The van der Waals surface area contributed by atoms with Gasteiger partial charge in [-0.1, -0.05) is 25.3 Å². The third-order valence-electron chi connectivity index (χ3n) is 6.46. The maximum atomic E-state index is 15.1. The third-order valence-corrected chi connectivity index (χ3v) is 6.75. The summed E-state index contributed by atoms with van der Waals surface area (Å²) >= 11 is 5.39. The highest BCUT2D eigenvalue weighted by Crippen LogP contribution is 2.34. The lowest BCUT2D eigenvalue weighted by molar-refractivity contribution is -0.141. The second-order valence-corrected chi connectivity index (χ2v) is 9.88. The number of thiocarbonyl (C=S) groups is 1. The maximum absolute atomic E-state index is 15.1. The number of hydrogen-bond donors (Lipinski definition) is 3. The Balaban J connectivity index is 1.89. The van der Waals surface area contributed by atoms with Gasteiger partial charge in [-0.2, -0.15) is 18.4 Å². The molecule has 37 heavy (non-hydrogen) atoms. The molecule has 0 unspecified atom stereocenters. The van der Waals surface area contributed by atoms with Crippen molar-refractivity contribution in [2.75, 3.05) is 10.2 Å². The van der Waals surface area contributed by atoms with Crippen molar-refractivity contribution in [1.82, 2.24) is 5.32 Å². The average Bonchev–Trinajstić information content (AvgIpc) is 2.83. The quantitative estimate of drug-likeness (QED) is 0.287. The van der Waals surface area contributed by atoms with E-state index in [9.17, 15) is 23.1 Å². The first kappa shape index (κ1) is 28.3. The number of carboxylic acids is 1. The highest BCUT2D eigenvalue weighted by molar-refractivity contribution is 7.80. The van der Waals surface area contributed by atoms with E-state index >= 15 is 4.39 Å². The minimum absolute atomic E-state index is 0.101. The smallest absolute Gasteiger partial charge is 0.417 e. The molecule has 0 aromatic heterocycles. The van der Waals surface area contributed by atoms with Crippen molar-refractivity contribution in [2.24, 2.45) is 0 Å². The second-order valence-electron chi connectivity index (χ2n) is 9.49. The van der Waals surface area contributed by atoms with E-state index in [2.05, 4.69) is 10.6 Å². The molecule has 1 fully saturated rings. The molecule has 6 nitrogen and oxygen atoms in total. The maximum Gasteiger partial charge on any atom is 0.417 e. The summed E-state index contributed by atoms with van der Waals surface area (Å²) in [4.78, 5) is 13.2. The van der Waals surface area contributed by atoms with E-state index in [1.807, 2.05) is 0 Å². The first-order valence-electron chi connectivity index (χ1n) is 11.8. The van der Waals surface area contributed by atoms with E-state index in [-0.39, 0.29) is 16.5 Å². The highest BCUT2D eigenvalue weighted by Gasteiger charge is 2.38. The van der Waals surface area contributed by atoms with Crippen LogP contribution in [0.1, 0.15) is 62.6 Å². The molecule has 0 heterocycles. The summed E-state index contributed by atoms with van der Waals surface area (Å²) in [7, 11) is 0. The van der Waals surface area contributed by atoms with Gasteiger partial charge in [-0.05, 0) is 69.2 Å². The van der Waals surface area contributed by atoms with Gasteiger partial charge in [0.05, 0.1) is 17.2 Å². The zero-order valence-corrected chi connectivity index (χ0v) is 21.3. The molecule has 0 amide bonds. The number of anilines is 2. The van der Waals surface area contributed by atoms with Crippen LogP contribution in [-0.2, 0) is 17.5 Å². The minimum Gasteiger partial charge on any atom is -0.480 e. The number of carbonyl (C=O) groups is 1. The van der Waals surface area contributed by atoms with Crippen molar-refractivity contribution < 1.29 is 27.5 Å². The number of nitrogens with one attached hydrogen (secondary N) is 2. The normalized spacial score (nSPS) is 14.6. The van der Waals surface area contributed by atoms with Crippen LogP contribution in [0.2, 0.25) is 0 Å². The molecule has 1 aliphatic rings. The number of rotatable bonds is 7. The Bertz CT molecular complexity index is 1200. The van der Waals surface area contributed by atoms with Crippen molar-refractivity contribution in [2.45, 2.75) is 70.3 Å². The number of aliphatic carboxylic acids is 1. The monoisotopic (exact) mass is 536 g/mol. The van der Waals surface area contributed by atoms with E-state index in [4.69, 9.17) is 17.5 Å². The first-order valence-corrected chi connectivity index (χ1v) is 12.2. The fraction of sp³-hybridized carbons (Fsp3) is 0.423. The lowest BCUT2D eigenvalue weighted by Gasteiger charge is -2.37. The molecular formula is C26H28F4N4O2S. The number of nitriles is 1. The molecule has 1 aliphatic carbocycles. The number of halogens is 4. The Labute approximate surface area is 218 Å². The Morgan fingerprint density at radius 2 is 1.84 bits per heavy atom. The van der Waals surface area contributed by atoms with Gasteiger partial charge in [-0.3, -0.25) is 0 Å². The summed E-state index contributed by atoms with van der Waals surface area (Å²) in [6.45, 7) is 3.01.